The average molecular weight is 479 g/mol. The summed E-state index contributed by atoms with van der Waals surface area (Å²) in [5, 5.41) is 0. The Morgan fingerprint density at radius 2 is 1.85 bits per heavy atom. The van der Waals surface area contributed by atoms with E-state index in [-0.39, 0.29) is 25.2 Å². The lowest BCUT2D eigenvalue weighted by Crippen LogP contribution is -2.39. The maximum absolute atomic E-state index is 12.2. The minimum Gasteiger partial charge on any atom is -0.490 e. The predicted molar refractivity (Wildman–Crippen MR) is 113 cm³/mol. The van der Waals surface area contributed by atoms with E-state index >= 15 is 0 Å². The molecule has 182 valence electrons. The van der Waals surface area contributed by atoms with Gasteiger partial charge in [0, 0.05) is 26.1 Å². The van der Waals surface area contributed by atoms with E-state index < -0.39 is 18.1 Å². The van der Waals surface area contributed by atoms with Gasteiger partial charge in [-0.25, -0.2) is 4.79 Å². The number of halogens is 3. The molecule has 2 heterocycles. The van der Waals surface area contributed by atoms with Gasteiger partial charge >= 0.3 is 18.1 Å². The first-order valence-electron chi connectivity index (χ1n) is 10.9. The molecule has 2 atom stereocenters. The molecule has 0 radical (unpaired) electrons. The highest BCUT2D eigenvalue weighted by Gasteiger charge is 2.42. The second-order valence-electron chi connectivity index (χ2n) is 8.10. The van der Waals surface area contributed by atoms with Crippen LogP contribution in [0.1, 0.15) is 23.7 Å². The molecule has 10 heteroatoms. The monoisotopic (exact) mass is 479 g/mol. The van der Waals surface area contributed by atoms with Crippen molar-refractivity contribution in [2.75, 3.05) is 32.8 Å². The number of rotatable bonds is 7. The highest BCUT2D eigenvalue weighted by atomic mass is 19.4. The van der Waals surface area contributed by atoms with E-state index in [9.17, 15) is 22.8 Å². The van der Waals surface area contributed by atoms with Gasteiger partial charge in [0.25, 0.3) is 0 Å². The zero-order valence-electron chi connectivity index (χ0n) is 18.3. The number of hydrogen-bond donors (Lipinski definition) is 0. The van der Waals surface area contributed by atoms with Crippen LogP contribution in [-0.2, 0) is 25.5 Å². The smallest absolute Gasteiger partial charge is 0.490 e. The third-order valence-corrected chi connectivity index (χ3v) is 5.62. The molecule has 0 aliphatic carbocycles. The molecule has 0 N–H and O–H groups in total. The number of ether oxygens (including phenoxy) is 4. The standard InChI is InChI=1S/C24H24F3NO6/c25-24(26,27)23(30)34-22(29)9-10-28-11-12-31-21(14-28)16-5-7-18(8-6-16)32-15-19-13-17-3-1-2-4-20(17)33-19/h1-8,19,21H,9-15H2. The van der Waals surface area contributed by atoms with Crippen LogP contribution in [0.3, 0.4) is 0 Å². The zero-order valence-corrected chi connectivity index (χ0v) is 18.3. The van der Waals surface area contributed by atoms with E-state index in [1.807, 2.05) is 53.4 Å². The summed E-state index contributed by atoms with van der Waals surface area (Å²) < 4.78 is 57.9. The molecule has 2 aromatic rings. The number of para-hydroxylation sites is 1. The van der Waals surface area contributed by atoms with E-state index in [1.165, 1.54) is 5.56 Å². The topological polar surface area (TPSA) is 74.3 Å². The van der Waals surface area contributed by atoms with E-state index in [0.717, 1.165) is 17.7 Å². The fourth-order valence-electron chi connectivity index (χ4n) is 3.88. The van der Waals surface area contributed by atoms with Crippen LogP contribution in [-0.4, -0.2) is 62.0 Å². The zero-order chi connectivity index (χ0) is 24.1. The van der Waals surface area contributed by atoms with Gasteiger partial charge in [-0.15, -0.1) is 0 Å². The number of esters is 2. The Morgan fingerprint density at radius 3 is 2.59 bits per heavy atom. The third kappa shape index (κ3) is 6.27. The molecule has 0 aromatic heterocycles. The Labute approximate surface area is 194 Å². The van der Waals surface area contributed by atoms with Gasteiger partial charge in [0.05, 0.1) is 19.1 Å². The molecule has 0 saturated carbocycles. The van der Waals surface area contributed by atoms with Gasteiger partial charge in [0.15, 0.2) is 0 Å². The summed E-state index contributed by atoms with van der Waals surface area (Å²) in [5.41, 5.74) is 2.09. The first-order valence-corrected chi connectivity index (χ1v) is 10.9. The van der Waals surface area contributed by atoms with Crippen LogP contribution in [0.25, 0.3) is 0 Å². The first kappa shape index (κ1) is 24.0. The molecule has 0 spiro atoms. The molecule has 2 aliphatic heterocycles. The van der Waals surface area contributed by atoms with Gasteiger partial charge in [-0.1, -0.05) is 30.3 Å². The van der Waals surface area contributed by atoms with Gasteiger partial charge in [0.2, 0.25) is 0 Å². The predicted octanol–water partition coefficient (Wildman–Crippen LogP) is 3.46. The lowest BCUT2D eigenvalue weighted by Gasteiger charge is -2.33. The summed E-state index contributed by atoms with van der Waals surface area (Å²) in [5.74, 6) is -2.11. The Morgan fingerprint density at radius 1 is 1.09 bits per heavy atom. The van der Waals surface area contributed by atoms with Crippen LogP contribution in [0.15, 0.2) is 48.5 Å². The molecule has 34 heavy (non-hydrogen) atoms. The highest BCUT2D eigenvalue weighted by molar-refractivity contribution is 5.88. The number of fused-ring (bicyclic) bond motifs is 1. The number of nitrogens with zero attached hydrogens (tertiary/aromatic N) is 1. The Bertz CT molecular complexity index is 986. The van der Waals surface area contributed by atoms with Crippen LogP contribution in [0.5, 0.6) is 11.5 Å². The summed E-state index contributed by atoms with van der Waals surface area (Å²) in [7, 11) is 0. The van der Waals surface area contributed by atoms with Crippen molar-refractivity contribution in [1.29, 1.82) is 0 Å². The fraction of sp³-hybridized carbons (Fsp3) is 0.417. The van der Waals surface area contributed by atoms with Crippen molar-refractivity contribution in [3.8, 4) is 11.5 Å². The second kappa shape index (κ2) is 10.4. The van der Waals surface area contributed by atoms with Crippen molar-refractivity contribution in [2.45, 2.75) is 31.2 Å². The Balaban J connectivity index is 1.22. The second-order valence-corrected chi connectivity index (χ2v) is 8.10. The van der Waals surface area contributed by atoms with E-state index in [2.05, 4.69) is 4.74 Å². The van der Waals surface area contributed by atoms with E-state index in [0.29, 0.717) is 32.1 Å². The SMILES string of the molecule is O=C(CCN1CCOC(c2ccc(OCC3Cc4ccccc4O3)cc2)C1)OC(=O)C(F)(F)F. The quantitative estimate of drug-likeness (QED) is 0.445. The van der Waals surface area contributed by atoms with Gasteiger partial charge in [-0.2, -0.15) is 13.2 Å². The number of carbonyl (C=O) groups excluding carboxylic acids is 2. The summed E-state index contributed by atoms with van der Waals surface area (Å²) in [6.07, 6.45) is -5.01. The van der Waals surface area contributed by atoms with Crippen LogP contribution in [0.2, 0.25) is 0 Å². The van der Waals surface area contributed by atoms with Crippen LogP contribution in [0, 0.1) is 0 Å². The number of hydrogen-bond acceptors (Lipinski definition) is 7. The third-order valence-electron chi connectivity index (χ3n) is 5.62. The van der Waals surface area contributed by atoms with Crippen molar-refractivity contribution in [3.05, 3.63) is 59.7 Å². The molecule has 7 nitrogen and oxygen atoms in total. The molecule has 0 bridgehead atoms. The van der Waals surface area contributed by atoms with Crippen molar-refractivity contribution in [3.63, 3.8) is 0 Å². The highest BCUT2D eigenvalue weighted by Crippen LogP contribution is 2.29. The molecule has 4 rings (SSSR count). The van der Waals surface area contributed by atoms with Gasteiger partial charge in [-0.3, -0.25) is 9.69 Å². The molecule has 1 saturated heterocycles. The molecular formula is C24H24F3NO6. The van der Waals surface area contributed by atoms with E-state index in [1.54, 1.807) is 0 Å². The van der Waals surface area contributed by atoms with Crippen LogP contribution in [0.4, 0.5) is 13.2 Å². The summed E-state index contributed by atoms with van der Waals surface area (Å²) >= 11 is 0. The lowest BCUT2D eigenvalue weighted by atomic mass is 10.1. The minimum atomic E-state index is -5.19. The van der Waals surface area contributed by atoms with Gasteiger partial charge < -0.3 is 18.9 Å². The molecular weight excluding hydrogens is 455 g/mol. The van der Waals surface area contributed by atoms with Gasteiger partial charge in [-0.05, 0) is 29.3 Å². The Kier molecular flexibility index (Phi) is 7.38. The molecule has 2 unspecified atom stereocenters. The average Bonchev–Trinajstić information content (AvgIpc) is 3.24. The normalized spacial score (nSPS) is 20.3. The fourth-order valence-corrected chi connectivity index (χ4v) is 3.88. The van der Waals surface area contributed by atoms with Crippen molar-refractivity contribution >= 4 is 11.9 Å². The number of alkyl halides is 3. The maximum atomic E-state index is 12.2. The summed E-state index contributed by atoms with van der Waals surface area (Å²) in [6.45, 7) is 1.96. The van der Waals surface area contributed by atoms with E-state index in [4.69, 9.17) is 14.2 Å². The molecule has 2 aromatic carbocycles. The minimum absolute atomic E-state index is 0.0366. The molecule has 1 fully saturated rings. The summed E-state index contributed by atoms with van der Waals surface area (Å²) in [4.78, 5) is 24.2. The van der Waals surface area contributed by atoms with Gasteiger partial charge in [0.1, 0.15) is 24.2 Å². The number of carbonyl (C=O) groups is 2. The Hall–Kier alpha value is -3.11. The van der Waals surface area contributed by atoms with Crippen LogP contribution < -0.4 is 9.47 Å². The number of morpholine rings is 1. The first-order chi connectivity index (χ1) is 16.3. The van der Waals surface area contributed by atoms with Crippen molar-refractivity contribution < 1.29 is 41.7 Å². The summed E-state index contributed by atoms with van der Waals surface area (Å²) in [6, 6.07) is 15.4. The largest absolute Gasteiger partial charge is 0.491 e. The number of benzene rings is 2. The van der Waals surface area contributed by atoms with Crippen LogP contribution >= 0.6 is 0 Å². The van der Waals surface area contributed by atoms with Crippen molar-refractivity contribution in [2.24, 2.45) is 0 Å². The van der Waals surface area contributed by atoms with Crippen molar-refractivity contribution in [1.82, 2.24) is 4.90 Å². The molecule has 2 aliphatic rings. The molecule has 0 amide bonds. The lowest BCUT2D eigenvalue weighted by molar-refractivity contribution is -0.202. The maximum Gasteiger partial charge on any atom is 0.491 e.